The second-order valence-electron chi connectivity index (χ2n) is 3.70. The van der Waals surface area contributed by atoms with Crippen molar-refractivity contribution in [3.05, 3.63) is 18.3 Å². The Balaban J connectivity index is 2.13. The van der Waals surface area contributed by atoms with E-state index >= 15 is 0 Å². The van der Waals surface area contributed by atoms with Crippen LogP contribution in [-0.2, 0) is 0 Å². The average molecular weight is 191 g/mol. The molecule has 2 heterocycles. The van der Waals surface area contributed by atoms with E-state index in [0.717, 1.165) is 5.82 Å². The Morgan fingerprint density at radius 1 is 1.29 bits per heavy atom. The zero-order valence-corrected chi connectivity index (χ0v) is 8.66. The largest absolute Gasteiger partial charge is 0.373 e. The number of hydrogen-bond donors (Lipinski definition) is 1. The Morgan fingerprint density at radius 3 is 2.79 bits per heavy atom. The molecule has 76 valence electrons. The summed E-state index contributed by atoms with van der Waals surface area (Å²) in [6, 6.07) is 4.21. The highest BCUT2D eigenvalue weighted by molar-refractivity contribution is 5.53. The number of rotatable bonds is 2. The minimum Gasteiger partial charge on any atom is -0.373 e. The van der Waals surface area contributed by atoms with Gasteiger partial charge in [0.05, 0.1) is 0 Å². The van der Waals surface area contributed by atoms with Gasteiger partial charge >= 0.3 is 0 Å². The third-order valence-corrected chi connectivity index (χ3v) is 2.72. The second kappa shape index (κ2) is 4.31. The molecule has 0 saturated carbocycles. The summed E-state index contributed by atoms with van der Waals surface area (Å²) in [5.41, 5.74) is 1.30. The SMILES string of the molecule is CNc1cc(N2CCCCC2)ccn1. The normalized spacial score (nSPS) is 16.8. The molecular formula is C11H17N3. The first-order chi connectivity index (χ1) is 6.90. The molecule has 0 amide bonds. The monoisotopic (exact) mass is 191 g/mol. The molecule has 14 heavy (non-hydrogen) atoms. The molecule has 1 fully saturated rings. The van der Waals surface area contributed by atoms with E-state index in [9.17, 15) is 0 Å². The van der Waals surface area contributed by atoms with Crippen LogP contribution in [0.15, 0.2) is 18.3 Å². The molecule has 0 atom stereocenters. The van der Waals surface area contributed by atoms with E-state index in [0.29, 0.717) is 0 Å². The standard InChI is InChI=1S/C11H17N3/c1-12-11-9-10(5-6-13-11)14-7-3-2-4-8-14/h5-6,9H,2-4,7-8H2,1H3,(H,12,13). The number of pyridine rings is 1. The minimum absolute atomic E-state index is 0.952. The van der Waals surface area contributed by atoms with Crippen LogP contribution in [0.5, 0.6) is 0 Å². The van der Waals surface area contributed by atoms with Crippen LogP contribution in [0.3, 0.4) is 0 Å². The van der Waals surface area contributed by atoms with E-state index < -0.39 is 0 Å². The van der Waals surface area contributed by atoms with Crippen LogP contribution in [0, 0.1) is 0 Å². The molecule has 0 bridgehead atoms. The first-order valence-corrected chi connectivity index (χ1v) is 5.29. The molecule has 0 aliphatic carbocycles. The maximum atomic E-state index is 4.21. The highest BCUT2D eigenvalue weighted by Crippen LogP contribution is 2.20. The molecule has 1 N–H and O–H groups in total. The van der Waals surface area contributed by atoms with Crippen molar-refractivity contribution in [1.29, 1.82) is 0 Å². The highest BCUT2D eigenvalue weighted by Gasteiger charge is 2.10. The van der Waals surface area contributed by atoms with Crippen molar-refractivity contribution >= 4 is 11.5 Å². The second-order valence-corrected chi connectivity index (χ2v) is 3.70. The van der Waals surface area contributed by atoms with Crippen LogP contribution >= 0.6 is 0 Å². The lowest BCUT2D eigenvalue weighted by Gasteiger charge is -2.28. The molecule has 0 spiro atoms. The summed E-state index contributed by atoms with van der Waals surface area (Å²) in [5.74, 6) is 0.952. The summed E-state index contributed by atoms with van der Waals surface area (Å²) in [7, 11) is 1.91. The summed E-state index contributed by atoms with van der Waals surface area (Å²) in [6.07, 6.45) is 5.88. The molecular weight excluding hydrogens is 174 g/mol. The Morgan fingerprint density at radius 2 is 2.07 bits per heavy atom. The van der Waals surface area contributed by atoms with Crippen LogP contribution in [0.2, 0.25) is 0 Å². The van der Waals surface area contributed by atoms with Gasteiger partial charge in [-0.25, -0.2) is 4.98 Å². The zero-order valence-electron chi connectivity index (χ0n) is 8.66. The van der Waals surface area contributed by atoms with Gasteiger partial charge in [-0.2, -0.15) is 0 Å². The van der Waals surface area contributed by atoms with Crippen molar-refractivity contribution in [2.45, 2.75) is 19.3 Å². The molecule has 1 aliphatic rings. The zero-order chi connectivity index (χ0) is 9.80. The maximum absolute atomic E-state index is 4.21. The van der Waals surface area contributed by atoms with Crippen LogP contribution in [0.4, 0.5) is 11.5 Å². The van der Waals surface area contributed by atoms with Gasteiger partial charge in [0, 0.05) is 38.1 Å². The highest BCUT2D eigenvalue weighted by atomic mass is 15.1. The molecule has 0 radical (unpaired) electrons. The minimum atomic E-state index is 0.952. The van der Waals surface area contributed by atoms with E-state index in [1.165, 1.54) is 38.0 Å². The lowest BCUT2D eigenvalue weighted by atomic mass is 10.1. The molecule has 2 rings (SSSR count). The molecule has 1 aromatic heterocycles. The predicted octanol–water partition coefficient (Wildman–Crippen LogP) is 2.11. The van der Waals surface area contributed by atoms with Crippen molar-refractivity contribution in [2.24, 2.45) is 0 Å². The fourth-order valence-corrected chi connectivity index (χ4v) is 1.90. The summed E-state index contributed by atoms with van der Waals surface area (Å²) in [4.78, 5) is 6.65. The first kappa shape index (κ1) is 9.31. The third-order valence-electron chi connectivity index (χ3n) is 2.72. The van der Waals surface area contributed by atoms with Gasteiger partial charge in [0.15, 0.2) is 0 Å². The van der Waals surface area contributed by atoms with E-state index in [-0.39, 0.29) is 0 Å². The van der Waals surface area contributed by atoms with Gasteiger partial charge in [0.25, 0.3) is 0 Å². The Labute approximate surface area is 85.1 Å². The summed E-state index contributed by atoms with van der Waals surface area (Å²) < 4.78 is 0. The Bertz CT molecular complexity index is 292. The van der Waals surface area contributed by atoms with Crippen molar-refractivity contribution < 1.29 is 0 Å². The summed E-state index contributed by atoms with van der Waals surface area (Å²) >= 11 is 0. The fraction of sp³-hybridized carbons (Fsp3) is 0.545. The lowest BCUT2D eigenvalue weighted by molar-refractivity contribution is 0.578. The average Bonchev–Trinajstić information content (AvgIpc) is 2.30. The Kier molecular flexibility index (Phi) is 2.87. The summed E-state index contributed by atoms with van der Waals surface area (Å²) in [6.45, 7) is 2.38. The van der Waals surface area contributed by atoms with Crippen LogP contribution < -0.4 is 10.2 Å². The molecule has 0 aromatic carbocycles. The van der Waals surface area contributed by atoms with Gasteiger partial charge < -0.3 is 10.2 Å². The van der Waals surface area contributed by atoms with Gasteiger partial charge in [-0.05, 0) is 25.3 Å². The number of nitrogens with zero attached hydrogens (tertiary/aromatic N) is 2. The van der Waals surface area contributed by atoms with E-state index in [4.69, 9.17) is 0 Å². The number of piperidine rings is 1. The molecule has 0 unspecified atom stereocenters. The fourth-order valence-electron chi connectivity index (χ4n) is 1.90. The van der Waals surface area contributed by atoms with E-state index in [1.54, 1.807) is 0 Å². The number of hydrogen-bond acceptors (Lipinski definition) is 3. The predicted molar refractivity (Wildman–Crippen MR) is 59.8 cm³/mol. The van der Waals surface area contributed by atoms with Gasteiger partial charge in [-0.15, -0.1) is 0 Å². The van der Waals surface area contributed by atoms with Gasteiger partial charge in [-0.1, -0.05) is 0 Å². The van der Waals surface area contributed by atoms with Crippen LogP contribution in [0.1, 0.15) is 19.3 Å². The number of anilines is 2. The maximum Gasteiger partial charge on any atom is 0.127 e. The van der Waals surface area contributed by atoms with Gasteiger partial charge in [0.1, 0.15) is 5.82 Å². The molecule has 1 aliphatic heterocycles. The molecule has 3 heteroatoms. The van der Waals surface area contributed by atoms with Crippen LogP contribution in [0.25, 0.3) is 0 Å². The van der Waals surface area contributed by atoms with Crippen molar-refractivity contribution in [3.8, 4) is 0 Å². The first-order valence-electron chi connectivity index (χ1n) is 5.29. The lowest BCUT2D eigenvalue weighted by Crippen LogP contribution is -2.29. The Hall–Kier alpha value is -1.25. The van der Waals surface area contributed by atoms with Gasteiger partial charge in [0.2, 0.25) is 0 Å². The van der Waals surface area contributed by atoms with Crippen molar-refractivity contribution in [1.82, 2.24) is 4.98 Å². The van der Waals surface area contributed by atoms with Gasteiger partial charge in [-0.3, -0.25) is 0 Å². The number of nitrogens with one attached hydrogen (secondary N) is 1. The smallest absolute Gasteiger partial charge is 0.127 e. The van der Waals surface area contributed by atoms with Crippen molar-refractivity contribution in [3.63, 3.8) is 0 Å². The molecule has 3 nitrogen and oxygen atoms in total. The molecule has 1 aromatic rings. The quantitative estimate of drug-likeness (QED) is 0.776. The van der Waals surface area contributed by atoms with E-state index in [1.807, 2.05) is 13.2 Å². The third kappa shape index (κ3) is 1.97. The topological polar surface area (TPSA) is 28.2 Å². The molecule has 1 saturated heterocycles. The van der Waals surface area contributed by atoms with Crippen molar-refractivity contribution in [2.75, 3.05) is 30.4 Å². The van der Waals surface area contributed by atoms with Crippen LogP contribution in [-0.4, -0.2) is 25.1 Å². The number of aromatic nitrogens is 1. The summed E-state index contributed by atoms with van der Waals surface area (Å²) in [5, 5.41) is 3.07. The van der Waals surface area contributed by atoms with E-state index in [2.05, 4.69) is 27.3 Å².